The standard InChI is InChI=1S/C17H14N.C14H22O2.Ir/c1-12-9-13(2)11-15(10-12)17-8-7-14-5-3-4-6-16(14)18-17;1-13(2)7-5-9-6-8-14(3,4)12(16)10(9)11(13)15;/h3-10H,1-2H3;9,15H,5-8H2,1-4H3;/q-1;;. The molecule has 2 aliphatic rings. The number of aryl methyl sites for hydroxylation is 2. The number of hydrogen-bond acceptors (Lipinski definition) is 3. The molecule has 1 unspecified atom stereocenters. The van der Waals surface area contributed by atoms with Crippen molar-refractivity contribution in [1.82, 2.24) is 4.98 Å². The fourth-order valence-electron chi connectivity index (χ4n) is 5.20. The minimum atomic E-state index is -0.284. The Hall–Kier alpha value is -2.29. The molecule has 2 aromatic carbocycles. The zero-order chi connectivity index (χ0) is 24.7. The molecule has 0 spiro atoms. The maximum atomic E-state index is 12.4. The van der Waals surface area contributed by atoms with Crippen molar-refractivity contribution >= 4 is 16.7 Å². The summed E-state index contributed by atoms with van der Waals surface area (Å²) in [6.45, 7) is 12.2. The summed E-state index contributed by atoms with van der Waals surface area (Å²) in [5, 5.41) is 11.5. The molecule has 1 atom stereocenters. The van der Waals surface area contributed by atoms with Crippen molar-refractivity contribution in [3.05, 3.63) is 77.1 Å². The number of carbonyl (C=O) groups is 1. The molecule has 1 N–H and O–H groups in total. The summed E-state index contributed by atoms with van der Waals surface area (Å²) in [6, 6.07) is 20.0. The number of aliphatic hydroxyl groups excluding tert-OH is 1. The smallest absolute Gasteiger partial charge is 0.168 e. The largest absolute Gasteiger partial charge is 0.511 e. The van der Waals surface area contributed by atoms with Crippen LogP contribution < -0.4 is 0 Å². The average Bonchev–Trinajstić information content (AvgIpc) is 2.78. The number of pyridine rings is 1. The number of nitrogens with zero attached hydrogens (tertiary/aromatic N) is 1. The molecule has 2 aliphatic carbocycles. The number of hydrogen-bond donors (Lipinski definition) is 1. The second kappa shape index (κ2) is 10.4. The van der Waals surface area contributed by atoms with Crippen molar-refractivity contribution in [2.24, 2.45) is 16.7 Å². The number of Topliss-reactive ketones (excluding diaryl/α,β-unsaturated/α-hetero) is 1. The van der Waals surface area contributed by atoms with Gasteiger partial charge in [0.15, 0.2) is 5.78 Å². The summed E-state index contributed by atoms with van der Waals surface area (Å²) >= 11 is 0. The number of carbonyl (C=O) groups excluding carboxylic acids is 1. The molecule has 0 bridgehead atoms. The van der Waals surface area contributed by atoms with Crippen LogP contribution in [0.1, 0.15) is 64.5 Å². The maximum Gasteiger partial charge on any atom is 0.168 e. The van der Waals surface area contributed by atoms with Crippen LogP contribution in [0.15, 0.2) is 59.9 Å². The predicted octanol–water partition coefficient (Wildman–Crippen LogP) is 7.94. The average molecular weight is 647 g/mol. The van der Waals surface area contributed by atoms with Crippen molar-refractivity contribution in [3.63, 3.8) is 0 Å². The van der Waals surface area contributed by atoms with Crippen LogP contribution in [0.2, 0.25) is 0 Å². The van der Waals surface area contributed by atoms with E-state index in [1.54, 1.807) is 0 Å². The fraction of sp³-hybridized carbons (Fsp3) is 0.419. The SMILES string of the molecule is CC1(C)CCC2CCC(C)(C)C(O)=C2C1=O.Cc1[c-]c(-c2ccc3ccccc3n2)cc(C)c1.[Ir]. The molecule has 1 heterocycles. The first-order valence-electron chi connectivity index (χ1n) is 12.3. The van der Waals surface area contributed by atoms with E-state index in [9.17, 15) is 9.90 Å². The van der Waals surface area contributed by atoms with E-state index in [0.29, 0.717) is 11.7 Å². The molecular formula is C31H36IrNO2-. The van der Waals surface area contributed by atoms with Crippen molar-refractivity contribution in [1.29, 1.82) is 0 Å². The van der Waals surface area contributed by atoms with Crippen LogP contribution in [0.25, 0.3) is 22.2 Å². The molecule has 0 saturated heterocycles. The Kier molecular flexibility index (Phi) is 8.09. The third kappa shape index (κ3) is 5.76. The molecule has 3 nitrogen and oxygen atoms in total. The topological polar surface area (TPSA) is 50.2 Å². The summed E-state index contributed by atoms with van der Waals surface area (Å²) in [5.41, 5.74) is 5.73. The fourth-order valence-corrected chi connectivity index (χ4v) is 5.20. The van der Waals surface area contributed by atoms with E-state index >= 15 is 0 Å². The number of allylic oxidation sites excluding steroid dienone is 2. The predicted molar refractivity (Wildman–Crippen MR) is 140 cm³/mol. The van der Waals surface area contributed by atoms with E-state index in [1.807, 2.05) is 45.9 Å². The second-order valence-electron chi connectivity index (χ2n) is 11.3. The van der Waals surface area contributed by atoms with E-state index in [2.05, 4.69) is 50.2 Å². The van der Waals surface area contributed by atoms with Gasteiger partial charge in [0, 0.05) is 36.5 Å². The first-order valence-corrected chi connectivity index (χ1v) is 12.3. The van der Waals surface area contributed by atoms with Crippen LogP contribution in [0, 0.1) is 36.7 Å². The van der Waals surface area contributed by atoms with Crippen LogP contribution in [0.4, 0.5) is 0 Å². The molecule has 4 heteroatoms. The van der Waals surface area contributed by atoms with E-state index < -0.39 is 0 Å². The number of para-hydroxylation sites is 1. The van der Waals surface area contributed by atoms with Gasteiger partial charge in [-0.15, -0.1) is 34.9 Å². The summed E-state index contributed by atoms with van der Waals surface area (Å²) in [5.74, 6) is 0.851. The van der Waals surface area contributed by atoms with Gasteiger partial charge in [-0.3, -0.25) is 9.78 Å². The van der Waals surface area contributed by atoms with Gasteiger partial charge in [0.2, 0.25) is 0 Å². The van der Waals surface area contributed by atoms with Crippen molar-refractivity contribution in [2.45, 2.75) is 67.2 Å². The Bertz CT molecular complexity index is 1250. The zero-order valence-corrected chi connectivity index (χ0v) is 24.1. The Labute approximate surface area is 223 Å². The minimum Gasteiger partial charge on any atom is -0.511 e. The number of aromatic nitrogens is 1. The Balaban J connectivity index is 0.000000192. The van der Waals surface area contributed by atoms with Crippen molar-refractivity contribution in [3.8, 4) is 11.3 Å². The molecule has 1 saturated carbocycles. The first-order chi connectivity index (χ1) is 16.0. The number of rotatable bonds is 1. The Morgan fingerprint density at radius 2 is 1.60 bits per heavy atom. The first kappa shape index (κ1) is 27.3. The van der Waals surface area contributed by atoms with Crippen LogP contribution in [0.5, 0.6) is 0 Å². The molecule has 1 fully saturated rings. The third-order valence-electron chi connectivity index (χ3n) is 7.42. The molecule has 1 radical (unpaired) electrons. The van der Waals surface area contributed by atoms with Gasteiger partial charge in [-0.25, -0.2) is 0 Å². The number of ketones is 1. The molecule has 187 valence electrons. The van der Waals surface area contributed by atoms with Crippen molar-refractivity contribution < 1.29 is 30.0 Å². The van der Waals surface area contributed by atoms with Crippen molar-refractivity contribution in [2.75, 3.05) is 0 Å². The van der Waals surface area contributed by atoms with Gasteiger partial charge in [0.1, 0.15) is 5.76 Å². The summed E-state index contributed by atoms with van der Waals surface area (Å²) in [7, 11) is 0. The molecule has 5 rings (SSSR count). The van der Waals surface area contributed by atoms with E-state index in [4.69, 9.17) is 4.98 Å². The minimum absolute atomic E-state index is 0. The van der Waals surface area contributed by atoms with Crippen LogP contribution >= 0.6 is 0 Å². The maximum absolute atomic E-state index is 12.4. The van der Waals surface area contributed by atoms with Gasteiger partial charge in [0.05, 0.1) is 5.52 Å². The Morgan fingerprint density at radius 1 is 0.943 bits per heavy atom. The normalized spacial score (nSPS) is 20.4. The second-order valence-corrected chi connectivity index (χ2v) is 11.3. The van der Waals surface area contributed by atoms with E-state index in [1.165, 1.54) is 10.9 Å². The van der Waals surface area contributed by atoms with E-state index in [0.717, 1.165) is 53.6 Å². The Morgan fingerprint density at radius 3 is 2.29 bits per heavy atom. The quantitative estimate of drug-likeness (QED) is 0.273. The summed E-state index contributed by atoms with van der Waals surface area (Å²) in [6.07, 6.45) is 4.04. The molecule has 0 aliphatic heterocycles. The van der Waals surface area contributed by atoms with Crippen LogP contribution in [-0.2, 0) is 24.9 Å². The van der Waals surface area contributed by atoms with E-state index in [-0.39, 0.29) is 36.7 Å². The molecule has 35 heavy (non-hydrogen) atoms. The molecular weight excluding hydrogens is 611 g/mol. The third-order valence-corrected chi connectivity index (χ3v) is 7.42. The monoisotopic (exact) mass is 647 g/mol. The van der Waals surface area contributed by atoms with Gasteiger partial charge in [-0.2, -0.15) is 0 Å². The molecule has 0 amide bonds. The number of aliphatic hydroxyl groups is 1. The summed E-state index contributed by atoms with van der Waals surface area (Å²) in [4.78, 5) is 17.1. The zero-order valence-electron chi connectivity index (χ0n) is 21.7. The summed E-state index contributed by atoms with van der Waals surface area (Å²) < 4.78 is 0. The number of benzene rings is 2. The number of fused-ring (bicyclic) bond motifs is 2. The van der Waals surface area contributed by atoms with Gasteiger partial charge in [-0.1, -0.05) is 71.9 Å². The van der Waals surface area contributed by atoms with Gasteiger partial charge >= 0.3 is 0 Å². The van der Waals surface area contributed by atoms with Gasteiger partial charge < -0.3 is 5.11 Å². The molecule has 1 aromatic heterocycles. The van der Waals surface area contributed by atoms with Gasteiger partial charge in [0.25, 0.3) is 0 Å². The molecule has 3 aromatic rings. The van der Waals surface area contributed by atoms with Crippen LogP contribution in [0.3, 0.4) is 0 Å². The van der Waals surface area contributed by atoms with Crippen LogP contribution in [-0.4, -0.2) is 15.9 Å². The van der Waals surface area contributed by atoms with Gasteiger partial charge in [-0.05, 0) is 48.7 Å².